The second kappa shape index (κ2) is 7.24. The molecule has 0 aliphatic carbocycles. The van der Waals surface area contributed by atoms with Crippen LogP contribution in [0.5, 0.6) is 5.75 Å². The van der Waals surface area contributed by atoms with Crippen molar-refractivity contribution < 1.29 is 17.9 Å². The first-order valence-electron chi connectivity index (χ1n) is 7.25. The molecule has 21 heavy (non-hydrogen) atoms. The Morgan fingerprint density at radius 1 is 1.38 bits per heavy atom. The molecule has 0 saturated heterocycles. The highest BCUT2D eigenvalue weighted by molar-refractivity contribution is 7.92. The van der Waals surface area contributed by atoms with E-state index < -0.39 is 15.1 Å². The monoisotopic (exact) mass is 313 g/mol. The van der Waals surface area contributed by atoms with Crippen LogP contribution < -0.4 is 10.1 Å². The molecule has 0 fully saturated rings. The SMILES string of the molecule is CCCNC1c2ccccc2OCC1S(=O)(=O)CCOC. The Morgan fingerprint density at radius 2 is 2.14 bits per heavy atom. The van der Waals surface area contributed by atoms with E-state index in [1.807, 2.05) is 24.3 Å². The number of fused-ring (bicyclic) bond motifs is 1. The first kappa shape index (κ1) is 16.3. The molecule has 1 aliphatic heterocycles. The zero-order valence-corrected chi connectivity index (χ0v) is 13.4. The average Bonchev–Trinajstić information content (AvgIpc) is 2.50. The van der Waals surface area contributed by atoms with Gasteiger partial charge in [-0.25, -0.2) is 8.42 Å². The zero-order valence-electron chi connectivity index (χ0n) is 12.5. The van der Waals surface area contributed by atoms with E-state index in [0.29, 0.717) is 0 Å². The number of nitrogens with one attached hydrogen (secondary N) is 1. The standard InChI is InChI=1S/C15H23NO4S/c1-3-8-16-15-12-6-4-5-7-13(12)20-11-14(15)21(17,18)10-9-19-2/h4-7,14-16H,3,8-11H2,1-2H3. The molecule has 0 spiro atoms. The molecule has 1 aliphatic rings. The van der Waals surface area contributed by atoms with Crippen LogP contribution in [0.1, 0.15) is 24.9 Å². The van der Waals surface area contributed by atoms with Gasteiger partial charge in [0.15, 0.2) is 9.84 Å². The van der Waals surface area contributed by atoms with E-state index in [-0.39, 0.29) is 25.0 Å². The number of hydrogen-bond acceptors (Lipinski definition) is 5. The second-order valence-corrected chi connectivity index (χ2v) is 7.52. The van der Waals surface area contributed by atoms with Gasteiger partial charge in [-0.3, -0.25) is 0 Å². The topological polar surface area (TPSA) is 64.6 Å². The van der Waals surface area contributed by atoms with E-state index in [9.17, 15) is 8.42 Å². The van der Waals surface area contributed by atoms with E-state index >= 15 is 0 Å². The highest BCUT2D eigenvalue weighted by atomic mass is 32.2. The van der Waals surface area contributed by atoms with Gasteiger partial charge in [0.05, 0.1) is 18.4 Å². The second-order valence-electron chi connectivity index (χ2n) is 5.18. The van der Waals surface area contributed by atoms with Crippen molar-refractivity contribution in [2.45, 2.75) is 24.6 Å². The van der Waals surface area contributed by atoms with Gasteiger partial charge >= 0.3 is 0 Å². The summed E-state index contributed by atoms with van der Waals surface area (Å²) >= 11 is 0. The van der Waals surface area contributed by atoms with Gasteiger partial charge in [-0.15, -0.1) is 0 Å². The number of methoxy groups -OCH3 is 1. The number of para-hydroxylation sites is 1. The fourth-order valence-corrected chi connectivity index (χ4v) is 4.18. The highest BCUT2D eigenvalue weighted by Crippen LogP contribution is 2.35. The summed E-state index contributed by atoms with van der Waals surface area (Å²) in [7, 11) is -1.77. The molecule has 2 unspecified atom stereocenters. The predicted octanol–water partition coefficient (Wildman–Crippen LogP) is 1.55. The zero-order chi connectivity index (χ0) is 15.3. The van der Waals surface area contributed by atoms with E-state index in [0.717, 1.165) is 24.3 Å². The van der Waals surface area contributed by atoms with Gasteiger partial charge in [0.1, 0.15) is 17.6 Å². The van der Waals surface area contributed by atoms with Crippen LogP contribution in [-0.4, -0.2) is 46.3 Å². The normalized spacial score (nSPS) is 21.6. The van der Waals surface area contributed by atoms with Crippen molar-refractivity contribution in [3.63, 3.8) is 0 Å². The lowest BCUT2D eigenvalue weighted by Crippen LogP contribution is -2.45. The van der Waals surface area contributed by atoms with E-state index in [1.165, 1.54) is 7.11 Å². The molecule has 6 heteroatoms. The van der Waals surface area contributed by atoms with Crippen molar-refractivity contribution in [2.24, 2.45) is 0 Å². The summed E-state index contributed by atoms with van der Waals surface area (Å²) in [5, 5.41) is 2.79. The Kier molecular flexibility index (Phi) is 5.61. The van der Waals surface area contributed by atoms with Crippen molar-refractivity contribution in [1.82, 2.24) is 5.32 Å². The molecule has 1 aromatic carbocycles. The first-order chi connectivity index (χ1) is 10.1. The summed E-state index contributed by atoms with van der Waals surface area (Å²) in [6, 6.07) is 7.40. The summed E-state index contributed by atoms with van der Waals surface area (Å²) < 4.78 is 35.6. The fraction of sp³-hybridized carbons (Fsp3) is 0.600. The van der Waals surface area contributed by atoms with Crippen LogP contribution in [0, 0.1) is 0 Å². The van der Waals surface area contributed by atoms with Crippen LogP contribution in [-0.2, 0) is 14.6 Å². The lowest BCUT2D eigenvalue weighted by molar-refractivity contribution is 0.215. The van der Waals surface area contributed by atoms with Gasteiger partial charge in [0, 0.05) is 12.7 Å². The molecule has 0 amide bonds. The van der Waals surface area contributed by atoms with Gasteiger partial charge in [-0.1, -0.05) is 25.1 Å². The molecule has 0 radical (unpaired) electrons. The Balaban J connectivity index is 2.29. The number of sulfone groups is 1. The maximum absolute atomic E-state index is 12.5. The van der Waals surface area contributed by atoms with E-state index in [2.05, 4.69) is 12.2 Å². The van der Waals surface area contributed by atoms with Gasteiger partial charge in [0.2, 0.25) is 0 Å². The van der Waals surface area contributed by atoms with Crippen LogP contribution >= 0.6 is 0 Å². The molecule has 2 atom stereocenters. The van der Waals surface area contributed by atoms with Crippen molar-refractivity contribution in [1.29, 1.82) is 0 Å². The smallest absolute Gasteiger partial charge is 0.160 e. The van der Waals surface area contributed by atoms with Crippen LogP contribution in [0.4, 0.5) is 0 Å². The molecule has 1 aromatic rings. The Labute approximate surface area is 126 Å². The minimum Gasteiger partial charge on any atom is -0.492 e. The summed E-state index contributed by atoms with van der Waals surface area (Å²) in [6.07, 6.45) is 0.949. The van der Waals surface area contributed by atoms with Crippen molar-refractivity contribution in [2.75, 3.05) is 32.6 Å². The van der Waals surface area contributed by atoms with Gasteiger partial charge < -0.3 is 14.8 Å². The van der Waals surface area contributed by atoms with Crippen LogP contribution in [0.25, 0.3) is 0 Å². The van der Waals surface area contributed by atoms with Crippen LogP contribution in [0.3, 0.4) is 0 Å². The number of hydrogen-bond donors (Lipinski definition) is 1. The third kappa shape index (κ3) is 3.75. The molecule has 1 heterocycles. The Bertz CT molecular complexity index is 559. The molecule has 1 N–H and O–H groups in total. The highest BCUT2D eigenvalue weighted by Gasteiger charge is 2.38. The quantitative estimate of drug-likeness (QED) is 0.827. The fourth-order valence-electron chi connectivity index (χ4n) is 2.54. The van der Waals surface area contributed by atoms with Crippen molar-refractivity contribution in [3.8, 4) is 5.75 Å². The van der Waals surface area contributed by atoms with Crippen molar-refractivity contribution in [3.05, 3.63) is 29.8 Å². The predicted molar refractivity (Wildman–Crippen MR) is 82.4 cm³/mol. The minimum atomic E-state index is -3.28. The third-order valence-corrected chi connectivity index (χ3v) is 5.74. The average molecular weight is 313 g/mol. The number of rotatable bonds is 7. The summed E-state index contributed by atoms with van der Waals surface area (Å²) in [5.41, 5.74) is 0.920. The molecule has 0 aromatic heterocycles. The third-order valence-electron chi connectivity index (χ3n) is 3.68. The molecular weight excluding hydrogens is 290 g/mol. The number of benzene rings is 1. The Morgan fingerprint density at radius 3 is 2.86 bits per heavy atom. The van der Waals surface area contributed by atoms with Gasteiger partial charge in [-0.05, 0) is 19.0 Å². The number of ether oxygens (including phenoxy) is 2. The molecule has 0 saturated carbocycles. The Hall–Kier alpha value is -1.11. The minimum absolute atomic E-state index is 0.0179. The molecule has 2 rings (SSSR count). The summed E-state index contributed by atoms with van der Waals surface area (Å²) in [6.45, 7) is 3.23. The van der Waals surface area contributed by atoms with E-state index in [4.69, 9.17) is 9.47 Å². The maximum atomic E-state index is 12.5. The van der Waals surface area contributed by atoms with Crippen molar-refractivity contribution >= 4 is 9.84 Å². The van der Waals surface area contributed by atoms with Gasteiger partial charge in [-0.2, -0.15) is 0 Å². The van der Waals surface area contributed by atoms with E-state index in [1.54, 1.807) is 0 Å². The lowest BCUT2D eigenvalue weighted by Gasteiger charge is -2.34. The lowest BCUT2D eigenvalue weighted by atomic mass is 10.00. The van der Waals surface area contributed by atoms with Crippen LogP contribution in [0.15, 0.2) is 24.3 Å². The molecular formula is C15H23NO4S. The first-order valence-corrected chi connectivity index (χ1v) is 8.97. The molecule has 118 valence electrons. The maximum Gasteiger partial charge on any atom is 0.160 e. The summed E-state index contributed by atoms with van der Waals surface area (Å²) in [4.78, 5) is 0. The van der Waals surface area contributed by atoms with Crippen LogP contribution in [0.2, 0.25) is 0 Å². The molecule has 0 bridgehead atoms. The largest absolute Gasteiger partial charge is 0.492 e. The molecule has 5 nitrogen and oxygen atoms in total. The summed E-state index contributed by atoms with van der Waals surface area (Å²) in [5.74, 6) is 0.786. The van der Waals surface area contributed by atoms with Gasteiger partial charge in [0.25, 0.3) is 0 Å².